The van der Waals surface area contributed by atoms with Crippen LogP contribution in [0.3, 0.4) is 0 Å². The fourth-order valence-electron chi connectivity index (χ4n) is 3.05. The highest BCUT2D eigenvalue weighted by Gasteiger charge is 2.18. The van der Waals surface area contributed by atoms with E-state index < -0.39 is 0 Å². The average Bonchev–Trinajstić information content (AvgIpc) is 3.21. The summed E-state index contributed by atoms with van der Waals surface area (Å²) < 4.78 is 0. The number of hydrogen-bond donors (Lipinski definition) is 0. The molecule has 0 spiro atoms. The van der Waals surface area contributed by atoms with Crippen LogP contribution in [0.15, 0.2) is 71.1 Å². The van der Waals surface area contributed by atoms with Gasteiger partial charge >= 0.3 is 0 Å². The third-order valence-electron chi connectivity index (χ3n) is 4.59. The minimum absolute atomic E-state index is 0.0426. The zero-order chi connectivity index (χ0) is 20.2. The summed E-state index contributed by atoms with van der Waals surface area (Å²) in [5.41, 5.74) is 4.03. The molecule has 4 rings (SSSR count). The molecule has 146 valence electrons. The SMILES string of the molecule is CCc1ccc(N(C(C)=O)c2nc(CSc3ccc4ccccc4n3)cs2)cc1. The number of anilines is 2. The summed E-state index contributed by atoms with van der Waals surface area (Å²) in [5, 5.41) is 4.82. The number of rotatable bonds is 6. The van der Waals surface area contributed by atoms with Crippen LogP contribution in [0.2, 0.25) is 0 Å². The molecule has 0 saturated heterocycles. The van der Waals surface area contributed by atoms with Gasteiger partial charge in [-0.3, -0.25) is 9.69 Å². The van der Waals surface area contributed by atoms with Gasteiger partial charge in [0.2, 0.25) is 5.91 Å². The molecule has 0 aliphatic heterocycles. The number of thiazole rings is 1. The summed E-state index contributed by atoms with van der Waals surface area (Å²) in [4.78, 5) is 23.4. The van der Waals surface area contributed by atoms with Gasteiger partial charge in [-0.1, -0.05) is 55.1 Å². The quantitative estimate of drug-likeness (QED) is 0.348. The van der Waals surface area contributed by atoms with Gasteiger partial charge < -0.3 is 0 Å². The molecule has 0 unspecified atom stereocenters. The molecule has 0 aliphatic carbocycles. The van der Waals surface area contributed by atoms with Gasteiger partial charge in [0.25, 0.3) is 0 Å². The maximum absolute atomic E-state index is 12.3. The van der Waals surface area contributed by atoms with Crippen molar-refractivity contribution in [2.24, 2.45) is 0 Å². The lowest BCUT2D eigenvalue weighted by atomic mass is 10.1. The van der Waals surface area contributed by atoms with Gasteiger partial charge in [0, 0.05) is 23.4 Å². The molecule has 0 bridgehead atoms. The number of aryl methyl sites for hydroxylation is 1. The van der Waals surface area contributed by atoms with Crippen LogP contribution in [0.25, 0.3) is 10.9 Å². The zero-order valence-corrected chi connectivity index (χ0v) is 18.0. The van der Waals surface area contributed by atoms with Crippen LogP contribution < -0.4 is 4.90 Å². The Morgan fingerprint density at radius 1 is 1.03 bits per heavy atom. The van der Waals surface area contributed by atoms with Gasteiger partial charge in [0.05, 0.1) is 21.9 Å². The summed E-state index contributed by atoms with van der Waals surface area (Å²) in [5.74, 6) is 0.668. The summed E-state index contributed by atoms with van der Waals surface area (Å²) in [7, 11) is 0. The topological polar surface area (TPSA) is 46.1 Å². The first kappa shape index (κ1) is 19.6. The Bertz CT molecular complexity index is 1140. The third-order valence-corrected chi connectivity index (χ3v) is 6.43. The first-order valence-corrected chi connectivity index (χ1v) is 11.3. The summed E-state index contributed by atoms with van der Waals surface area (Å²) in [6.07, 6.45) is 0.974. The number of pyridine rings is 1. The summed E-state index contributed by atoms with van der Waals surface area (Å²) >= 11 is 3.14. The lowest BCUT2D eigenvalue weighted by Crippen LogP contribution is -2.22. The van der Waals surface area contributed by atoms with Crippen LogP contribution in [0.5, 0.6) is 0 Å². The van der Waals surface area contributed by atoms with Gasteiger partial charge in [-0.2, -0.15) is 0 Å². The molecule has 0 atom stereocenters. The second kappa shape index (κ2) is 8.76. The van der Waals surface area contributed by atoms with Crippen LogP contribution in [-0.2, 0) is 17.0 Å². The molecule has 0 N–H and O–H groups in total. The summed E-state index contributed by atoms with van der Waals surface area (Å²) in [6.45, 7) is 3.69. The smallest absolute Gasteiger partial charge is 0.230 e. The molecule has 4 aromatic rings. The lowest BCUT2D eigenvalue weighted by Gasteiger charge is -2.18. The third kappa shape index (κ3) is 4.49. The lowest BCUT2D eigenvalue weighted by molar-refractivity contribution is -0.115. The van der Waals surface area contributed by atoms with Crippen LogP contribution in [0.4, 0.5) is 10.8 Å². The number of hydrogen-bond acceptors (Lipinski definition) is 5. The highest BCUT2D eigenvalue weighted by atomic mass is 32.2. The standard InChI is InChI=1S/C23H21N3OS2/c1-3-17-8-11-20(12-9-17)26(16(2)27)23-24-19(15-29-23)14-28-22-13-10-18-6-4-5-7-21(18)25-22/h4-13,15H,3,14H2,1-2H3. The molecular formula is C23H21N3OS2. The minimum atomic E-state index is -0.0426. The molecule has 2 aromatic carbocycles. The highest BCUT2D eigenvalue weighted by Crippen LogP contribution is 2.31. The monoisotopic (exact) mass is 419 g/mol. The first-order chi connectivity index (χ1) is 14.1. The van der Waals surface area contributed by atoms with Gasteiger partial charge in [0.15, 0.2) is 5.13 Å². The van der Waals surface area contributed by atoms with E-state index in [1.54, 1.807) is 23.6 Å². The molecule has 2 heterocycles. The number of nitrogens with zero attached hydrogens (tertiary/aromatic N) is 3. The number of carbonyl (C=O) groups excluding carboxylic acids is 1. The van der Waals surface area contributed by atoms with Gasteiger partial charge in [-0.25, -0.2) is 9.97 Å². The van der Waals surface area contributed by atoms with E-state index in [4.69, 9.17) is 9.97 Å². The molecule has 6 heteroatoms. The Labute approximate surface area is 178 Å². The Balaban J connectivity index is 1.50. The van der Waals surface area contributed by atoms with Crippen LogP contribution in [0.1, 0.15) is 25.1 Å². The normalized spacial score (nSPS) is 11.0. The average molecular weight is 420 g/mol. The second-order valence-electron chi connectivity index (χ2n) is 6.63. The second-order valence-corrected chi connectivity index (χ2v) is 8.46. The van der Waals surface area contributed by atoms with E-state index in [0.717, 1.165) is 33.7 Å². The molecular weight excluding hydrogens is 398 g/mol. The Kier molecular flexibility index (Phi) is 5.92. The number of para-hydroxylation sites is 1. The van der Waals surface area contributed by atoms with E-state index >= 15 is 0 Å². The molecule has 1 amide bonds. The highest BCUT2D eigenvalue weighted by molar-refractivity contribution is 7.98. The predicted octanol–water partition coefficient (Wildman–Crippen LogP) is 6.23. The van der Waals surface area contributed by atoms with Crippen molar-refractivity contribution in [2.45, 2.75) is 31.0 Å². The number of benzene rings is 2. The maximum Gasteiger partial charge on any atom is 0.230 e. The fraction of sp³-hybridized carbons (Fsp3) is 0.174. The number of fused-ring (bicyclic) bond motifs is 1. The van der Waals surface area contributed by atoms with E-state index in [-0.39, 0.29) is 5.91 Å². The number of carbonyl (C=O) groups is 1. The van der Waals surface area contributed by atoms with E-state index in [2.05, 4.69) is 31.2 Å². The van der Waals surface area contributed by atoms with Crippen molar-refractivity contribution in [2.75, 3.05) is 4.90 Å². The van der Waals surface area contributed by atoms with Crippen LogP contribution in [-0.4, -0.2) is 15.9 Å². The number of amides is 1. The van der Waals surface area contributed by atoms with Crippen molar-refractivity contribution in [3.63, 3.8) is 0 Å². The zero-order valence-electron chi connectivity index (χ0n) is 16.3. The van der Waals surface area contributed by atoms with Crippen LogP contribution >= 0.6 is 23.1 Å². The van der Waals surface area contributed by atoms with Gasteiger partial charge in [-0.15, -0.1) is 11.3 Å². The molecule has 0 saturated carbocycles. The van der Waals surface area contributed by atoms with Crippen molar-refractivity contribution in [3.8, 4) is 0 Å². The van der Waals surface area contributed by atoms with E-state index in [1.807, 2.05) is 41.8 Å². The van der Waals surface area contributed by atoms with Gasteiger partial charge in [0.1, 0.15) is 0 Å². The van der Waals surface area contributed by atoms with E-state index in [9.17, 15) is 4.79 Å². The van der Waals surface area contributed by atoms with Crippen molar-refractivity contribution in [3.05, 3.63) is 77.3 Å². The van der Waals surface area contributed by atoms with Crippen molar-refractivity contribution >= 4 is 50.7 Å². The van der Waals surface area contributed by atoms with Crippen molar-refractivity contribution in [1.82, 2.24) is 9.97 Å². The Hall–Kier alpha value is -2.70. The predicted molar refractivity (Wildman–Crippen MR) is 122 cm³/mol. The number of aromatic nitrogens is 2. The summed E-state index contributed by atoms with van der Waals surface area (Å²) in [6, 6.07) is 20.3. The van der Waals surface area contributed by atoms with E-state index in [0.29, 0.717) is 10.9 Å². The molecule has 0 fully saturated rings. The molecule has 4 nitrogen and oxygen atoms in total. The van der Waals surface area contributed by atoms with Crippen molar-refractivity contribution in [1.29, 1.82) is 0 Å². The maximum atomic E-state index is 12.3. The first-order valence-electron chi connectivity index (χ1n) is 9.46. The molecule has 0 aliphatic rings. The van der Waals surface area contributed by atoms with Crippen molar-refractivity contribution < 1.29 is 4.79 Å². The van der Waals surface area contributed by atoms with Crippen LogP contribution in [0, 0.1) is 0 Å². The molecule has 0 radical (unpaired) electrons. The largest absolute Gasteiger partial charge is 0.274 e. The van der Waals surface area contributed by atoms with Gasteiger partial charge in [-0.05, 0) is 36.2 Å². The van der Waals surface area contributed by atoms with E-state index in [1.165, 1.54) is 16.9 Å². The fourth-order valence-corrected chi connectivity index (χ4v) is 4.81. The Morgan fingerprint density at radius 2 is 1.83 bits per heavy atom. The molecule has 29 heavy (non-hydrogen) atoms. The Morgan fingerprint density at radius 3 is 2.59 bits per heavy atom. The number of thioether (sulfide) groups is 1. The minimum Gasteiger partial charge on any atom is -0.274 e. The molecule has 2 aromatic heterocycles.